The summed E-state index contributed by atoms with van der Waals surface area (Å²) in [6, 6.07) is 21.3. The van der Waals surface area contributed by atoms with Gasteiger partial charge in [0.1, 0.15) is 6.61 Å². The van der Waals surface area contributed by atoms with E-state index in [2.05, 4.69) is 28.1 Å². The van der Waals surface area contributed by atoms with Crippen molar-refractivity contribution in [3.8, 4) is 0 Å². The van der Waals surface area contributed by atoms with Gasteiger partial charge in [0.15, 0.2) is 0 Å². The van der Waals surface area contributed by atoms with E-state index in [0.29, 0.717) is 5.56 Å². The summed E-state index contributed by atoms with van der Waals surface area (Å²) < 4.78 is 6.28. The van der Waals surface area contributed by atoms with Crippen molar-refractivity contribution >= 4 is 32.7 Å². The Kier molecular flexibility index (Phi) is 4.02. The fourth-order valence-electron chi connectivity index (χ4n) is 2.26. The lowest BCUT2D eigenvalue weighted by Crippen LogP contribution is -2.05. The Bertz CT molecular complexity index is 791. The first-order chi connectivity index (χ1) is 10.2. The Labute approximate surface area is 131 Å². The molecule has 0 spiro atoms. The van der Waals surface area contributed by atoms with Gasteiger partial charge in [0, 0.05) is 4.47 Å². The summed E-state index contributed by atoms with van der Waals surface area (Å²) in [6.45, 7) is 0.271. The van der Waals surface area contributed by atoms with Crippen molar-refractivity contribution in [1.29, 1.82) is 0 Å². The Morgan fingerprint density at radius 1 is 0.952 bits per heavy atom. The average Bonchev–Trinajstić information content (AvgIpc) is 2.52. The summed E-state index contributed by atoms with van der Waals surface area (Å²) >= 11 is 3.35. The van der Waals surface area contributed by atoms with Gasteiger partial charge >= 0.3 is 5.97 Å². The molecule has 3 aromatic rings. The van der Waals surface area contributed by atoms with Crippen LogP contribution in [-0.4, -0.2) is 5.97 Å². The molecule has 0 fully saturated rings. The second-order valence-electron chi connectivity index (χ2n) is 4.72. The molecule has 0 heterocycles. The minimum atomic E-state index is -0.316. The zero-order chi connectivity index (χ0) is 14.7. The van der Waals surface area contributed by atoms with Gasteiger partial charge in [0.05, 0.1) is 5.56 Å². The highest BCUT2D eigenvalue weighted by molar-refractivity contribution is 9.10. The van der Waals surface area contributed by atoms with Crippen LogP contribution < -0.4 is 0 Å². The van der Waals surface area contributed by atoms with Crippen molar-refractivity contribution in [3.05, 3.63) is 82.3 Å². The monoisotopic (exact) mass is 340 g/mol. The van der Waals surface area contributed by atoms with Crippen LogP contribution in [0.3, 0.4) is 0 Å². The highest BCUT2D eigenvalue weighted by atomic mass is 79.9. The van der Waals surface area contributed by atoms with Crippen LogP contribution >= 0.6 is 15.9 Å². The van der Waals surface area contributed by atoms with E-state index in [0.717, 1.165) is 20.8 Å². The number of halogens is 1. The van der Waals surface area contributed by atoms with Crippen molar-refractivity contribution in [2.75, 3.05) is 0 Å². The van der Waals surface area contributed by atoms with Crippen LogP contribution in [0, 0.1) is 0 Å². The molecule has 0 radical (unpaired) electrons. The number of hydrogen-bond donors (Lipinski definition) is 0. The SMILES string of the molecule is O=C(OCc1cccc2ccccc12)c1cccc(Br)c1. The topological polar surface area (TPSA) is 26.3 Å². The van der Waals surface area contributed by atoms with E-state index >= 15 is 0 Å². The molecule has 104 valence electrons. The standard InChI is InChI=1S/C18H13BrO2/c19-16-9-4-7-14(11-16)18(20)21-12-15-8-3-6-13-5-1-2-10-17(13)15/h1-11H,12H2. The molecule has 3 heteroatoms. The Hall–Kier alpha value is -2.13. The molecule has 0 amide bonds. The Morgan fingerprint density at radius 3 is 2.57 bits per heavy atom. The Balaban J connectivity index is 1.79. The quantitative estimate of drug-likeness (QED) is 0.630. The van der Waals surface area contributed by atoms with Crippen molar-refractivity contribution in [1.82, 2.24) is 0 Å². The average molecular weight is 341 g/mol. The number of hydrogen-bond acceptors (Lipinski definition) is 2. The zero-order valence-corrected chi connectivity index (χ0v) is 12.8. The second-order valence-corrected chi connectivity index (χ2v) is 5.64. The first-order valence-electron chi connectivity index (χ1n) is 6.63. The van der Waals surface area contributed by atoms with E-state index in [9.17, 15) is 4.79 Å². The predicted octanol–water partition coefficient (Wildman–Crippen LogP) is 4.96. The van der Waals surface area contributed by atoms with Crippen LogP contribution in [-0.2, 0) is 11.3 Å². The molecular weight excluding hydrogens is 328 g/mol. The van der Waals surface area contributed by atoms with Gasteiger partial charge in [-0.05, 0) is 34.5 Å². The second kappa shape index (κ2) is 6.10. The molecule has 0 unspecified atom stereocenters. The number of benzene rings is 3. The molecule has 21 heavy (non-hydrogen) atoms. The number of ether oxygens (including phenoxy) is 1. The van der Waals surface area contributed by atoms with E-state index < -0.39 is 0 Å². The van der Waals surface area contributed by atoms with Crippen LogP contribution in [0.15, 0.2) is 71.2 Å². The highest BCUT2D eigenvalue weighted by Crippen LogP contribution is 2.20. The molecular formula is C18H13BrO2. The smallest absolute Gasteiger partial charge is 0.338 e. The number of esters is 1. The largest absolute Gasteiger partial charge is 0.457 e. The minimum absolute atomic E-state index is 0.271. The lowest BCUT2D eigenvalue weighted by atomic mass is 10.1. The summed E-state index contributed by atoms with van der Waals surface area (Å²) in [5, 5.41) is 2.26. The van der Waals surface area contributed by atoms with Crippen molar-refractivity contribution in [3.63, 3.8) is 0 Å². The maximum atomic E-state index is 12.1. The first-order valence-corrected chi connectivity index (χ1v) is 7.43. The molecule has 0 saturated heterocycles. The number of rotatable bonds is 3. The van der Waals surface area contributed by atoms with Gasteiger partial charge in [-0.25, -0.2) is 4.79 Å². The molecule has 0 aliphatic rings. The van der Waals surface area contributed by atoms with Crippen LogP contribution in [0.4, 0.5) is 0 Å². The number of carbonyl (C=O) groups is 1. The minimum Gasteiger partial charge on any atom is -0.457 e. The lowest BCUT2D eigenvalue weighted by molar-refractivity contribution is 0.0474. The van der Waals surface area contributed by atoms with E-state index in [1.165, 1.54) is 0 Å². The van der Waals surface area contributed by atoms with E-state index in [1.807, 2.05) is 42.5 Å². The van der Waals surface area contributed by atoms with Gasteiger partial charge in [-0.1, -0.05) is 64.5 Å². The number of carbonyl (C=O) groups excluding carboxylic acids is 1. The van der Waals surface area contributed by atoms with Gasteiger partial charge in [0.2, 0.25) is 0 Å². The highest BCUT2D eigenvalue weighted by Gasteiger charge is 2.08. The van der Waals surface area contributed by atoms with Crippen LogP contribution in [0.5, 0.6) is 0 Å². The number of fused-ring (bicyclic) bond motifs is 1. The maximum absolute atomic E-state index is 12.1. The first kappa shape index (κ1) is 13.8. The normalized spacial score (nSPS) is 10.5. The van der Waals surface area contributed by atoms with Crippen LogP contribution in [0.1, 0.15) is 15.9 Å². The summed E-state index contributed by atoms with van der Waals surface area (Å²) in [4.78, 5) is 12.1. The van der Waals surface area contributed by atoms with Crippen molar-refractivity contribution in [2.24, 2.45) is 0 Å². The molecule has 3 rings (SSSR count). The molecule has 2 nitrogen and oxygen atoms in total. The van der Waals surface area contributed by atoms with Gasteiger partial charge in [-0.3, -0.25) is 0 Å². The van der Waals surface area contributed by atoms with E-state index in [4.69, 9.17) is 4.74 Å². The lowest BCUT2D eigenvalue weighted by Gasteiger charge is -2.08. The zero-order valence-electron chi connectivity index (χ0n) is 11.3. The maximum Gasteiger partial charge on any atom is 0.338 e. The third-order valence-corrected chi connectivity index (χ3v) is 3.79. The summed E-state index contributed by atoms with van der Waals surface area (Å²) in [7, 11) is 0. The fourth-order valence-corrected chi connectivity index (χ4v) is 2.66. The van der Waals surface area contributed by atoms with Crippen LogP contribution in [0.2, 0.25) is 0 Å². The predicted molar refractivity (Wildman–Crippen MR) is 87.2 cm³/mol. The van der Waals surface area contributed by atoms with Crippen molar-refractivity contribution in [2.45, 2.75) is 6.61 Å². The molecule has 0 saturated carbocycles. The summed E-state index contributed by atoms with van der Waals surface area (Å²) in [5.41, 5.74) is 1.56. The van der Waals surface area contributed by atoms with Crippen molar-refractivity contribution < 1.29 is 9.53 Å². The van der Waals surface area contributed by atoms with Gasteiger partial charge in [-0.2, -0.15) is 0 Å². The molecule has 0 aliphatic heterocycles. The third kappa shape index (κ3) is 3.14. The summed E-state index contributed by atoms with van der Waals surface area (Å²) in [6.07, 6.45) is 0. The van der Waals surface area contributed by atoms with Crippen LogP contribution in [0.25, 0.3) is 10.8 Å². The molecule has 3 aromatic carbocycles. The summed E-state index contributed by atoms with van der Waals surface area (Å²) in [5.74, 6) is -0.316. The molecule has 0 bridgehead atoms. The Morgan fingerprint density at radius 2 is 1.71 bits per heavy atom. The van der Waals surface area contributed by atoms with Gasteiger partial charge < -0.3 is 4.74 Å². The fraction of sp³-hybridized carbons (Fsp3) is 0.0556. The molecule has 0 atom stereocenters. The third-order valence-electron chi connectivity index (χ3n) is 3.30. The van der Waals surface area contributed by atoms with E-state index in [1.54, 1.807) is 12.1 Å². The van der Waals surface area contributed by atoms with E-state index in [-0.39, 0.29) is 12.6 Å². The van der Waals surface area contributed by atoms with Gasteiger partial charge in [0.25, 0.3) is 0 Å². The molecule has 0 aromatic heterocycles. The molecule has 0 N–H and O–H groups in total. The van der Waals surface area contributed by atoms with Gasteiger partial charge in [-0.15, -0.1) is 0 Å². The molecule has 0 aliphatic carbocycles.